The van der Waals surface area contributed by atoms with Crippen LogP contribution in [0.4, 0.5) is 0 Å². The van der Waals surface area contributed by atoms with E-state index in [9.17, 15) is 9.59 Å². The molecule has 0 bridgehead atoms. The average Bonchev–Trinajstić information content (AvgIpc) is 3.24. The van der Waals surface area contributed by atoms with Crippen LogP contribution < -0.4 is 5.73 Å². The van der Waals surface area contributed by atoms with Crippen LogP contribution in [0.25, 0.3) is 11.4 Å². The largest absolute Gasteiger partial charge is 0.366 e. The Morgan fingerprint density at radius 1 is 1.14 bits per heavy atom. The molecule has 0 aliphatic carbocycles. The fourth-order valence-electron chi connectivity index (χ4n) is 3.63. The normalized spacial score (nSPS) is 16.6. The Balaban J connectivity index is 1.49. The quantitative estimate of drug-likeness (QED) is 0.737. The summed E-state index contributed by atoms with van der Waals surface area (Å²) in [4.78, 5) is 30.5. The highest BCUT2D eigenvalue weighted by Gasteiger charge is 2.29. The number of aryl methyl sites for hydroxylation is 1. The Bertz CT molecular complexity index is 1040. The summed E-state index contributed by atoms with van der Waals surface area (Å²) >= 11 is 0. The Hall–Kier alpha value is -3.48. The highest BCUT2D eigenvalue weighted by molar-refractivity contribution is 5.94. The number of carbonyl (C=O) groups is 2. The summed E-state index contributed by atoms with van der Waals surface area (Å²) in [5, 5.41) is 4.07. The molecule has 29 heavy (non-hydrogen) atoms. The van der Waals surface area contributed by atoms with Crippen molar-refractivity contribution in [1.82, 2.24) is 15.0 Å². The van der Waals surface area contributed by atoms with Crippen molar-refractivity contribution in [3.05, 3.63) is 71.1 Å². The zero-order valence-corrected chi connectivity index (χ0v) is 16.2. The van der Waals surface area contributed by atoms with Gasteiger partial charge in [-0.05, 0) is 44.0 Å². The summed E-state index contributed by atoms with van der Waals surface area (Å²) in [6.07, 6.45) is 1.77. The summed E-state index contributed by atoms with van der Waals surface area (Å²) in [6.45, 7) is 3.25. The van der Waals surface area contributed by atoms with Gasteiger partial charge in [-0.25, -0.2) is 0 Å². The lowest BCUT2D eigenvalue weighted by Gasteiger charge is -2.31. The third-order valence-electron chi connectivity index (χ3n) is 5.19. The number of rotatable bonds is 4. The second-order valence-corrected chi connectivity index (χ2v) is 7.36. The number of benzene rings is 2. The van der Waals surface area contributed by atoms with E-state index in [0.717, 1.165) is 30.5 Å². The van der Waals surface area contributed by atoms with Crippen molar-refractivity contribution in [2.45, 2.75) is 25.7 Å². The Kier molecular flexibility index (Phi) is 5.12. The van der Waals surface area contributed by atoms with Crippen molar-refractivity contribution in [2.75, 3.05) is 13.1 Å². The standard InChI is InChI=1S/C22H22N4O3/c1-14-4-2-5-17(12-14)22(28)26-11-3-6-18(13-26)21-24-20(25-29-21)16-9-7-15(8-10-16)19(23)27/h2,4-5,7-10,12,18H,3,6,11,13H2,1H3,(H2,23,27). The third kappa shape index (κ3) is 4.03. The van der Waals surface area contributed by atoms with Crippen molar-refractivity contribution >= 4 is 11.8 Å². The SMILES string of the molecule is Cc1cccc(C(=O)N2CCCC(c3nc(-c4ccc(C(N)=O)cc4)no3)C2)c1. The predicted molar refractivity (Wildman–Crippen MR) is 107 cm³/mol. The maximum atomic E-state index is 12.9. The van der Waals surface area contributed by atoms with Crippen LogP contribution in [0.1, 0.15) is 50.9 Å². The molecule has 1 saturated heterocycles. The van der Waals surface area contributed by atoms with Crippen LogP contribution in [0.5, 0.6) is 0 Å². The van der Waals surface area contributed by atoms with Gasteiger partial charge >= 0.3 is 0 Å². The number of likely N-dealkylation sites (tertiary alicyclic amines) is 1. The van der Waals surface area contributed by atoms with Gasteiger partial charge in [-0.2, -0.15) is 4.98 Å². The fourth-order valence-corrected chi connectivity index (χ4v) is 3.63. The zero-order chi connectivity index (χ0) is 20.4. The van der Waals surface area contributed by atoms with E-state index in [2.05, 4.69) is 10.1 Å². The van der Waals surface area contributed by atoms with Gasteiger partial charge in [0.15, 0.2) is 0 Å². The minimum absolute atomic E-state index is 0.00338. The van der Waals surface area contributed by atoms with Gasteiger partial charge in [0.2, 0.25) is 17.6 Å². The van der Waals surface area contributed by atoms with Crippen LogP contribution in [0, 0.1) is 6.92 Å². The molecule has 1 unspecified atom stereocenters. The van der Waals surface area contributed by atoms with Gasteiger partial charge < -0.3 is 15.2 Å². The van der Waals surface area contributed by atoms with E-state index in [1.54, 1.807) is 24.3 Å². The Morgan fingerprint density at radius 2 is 1.93 bits per heavy atom. The molecular formula is C22H22N4O3. The van der Waals surface area contributed by atoms with Crippen molar-refractivity contribution in [3.8, 4) is 11.4 Å². The summed E-state index contributed by atoms with van der Waals surface area (Å²) in [6, 6.07) is 14.4. The number of nitrogens with zero attached hydrogens (tertiary/aromatic N) is 3. The molecule has 0 saturated carbocycles. The first-order valence-electron chi connectivity index (χ1n) is 9.61. The minimum Gasteiger partial charge on any atom is -0.366 e. The number of nitrogens with two attached hydrogens (primary N) is 1. The van der Waals surface area contributed by atoms with Gasteiger partial charge in [0.05, 0.1) is 5.92 Å². The molecule has 2 N–H and O–H groups in total. The molecule has 2 heterocycles. The maximum Gasteiger partial charge on any atom is 0.253 e. The first-order valence-corrected chi connectivity index (χ1v) is 9.61. The molecule has 1 aliphatic rings. The predicted octanol–water partition coefficient (Wildman–Crippen LogP) is 3.16. The topological polar surface area (TPSA) is 102 Å². The molecule has 1 atom stereocenters. The molecule has 2 amide bonds. The molecule has 2 aromatic carbocycles. The first kappa shape index (κ1) is 18.9. The smallest absolute Gasteiger partial charge is 0.253 e. The van der Waals surface area contributed by atoms with Crippen molar-refractivity contribution < 1.29 is 14.1 Å². The molecule has 1 aliphatic heterocycles. The van der Waals surface area contributed by atoms with E-state index in [0.29, 0.717) is 29.4 Å². The minimum atomic E-state index is -0.481. The Labute approximate surface area is 168 Å². The summed E-state index contributed by atoms with van der Waals surface area (Å²) in [5.41, 5.74) is 8.20. The highest BCUT2D eigenvalue weighted by Crippen LogP contribution is 2.28. The number of aromatic nitrogens is 2. The van der Waals surface area contributed by atoms with Crippen molar-refractivity contribution in [3.63, 3.8) is 0 Å². The molecular weight excluding hydrogens is 368 g/mol. The maximum absolute atomic E-state index is 12.9. The van der Waals surface area contributed by atoms with Gasteiger partial charge in [-0.15, -0.1) is 0 Å². The second kappa shape index (κ2) is 7.87. The summed E-state index contributed by atoms with van der Waals surface area (Å²) in [7, 11) is 0. The van der Waals surface area contributed by atoms with Crippen molar-refractivity contribution in [2.24, 2.45) is 5.73 Å². The van der Waals surface area contributed by atoms with Crippen molar-refractivity contribution in [1.29, 1.82) is 0 Å². The van der Waals surface area contributed by atoms with Crippen LogP contribution in [0.2, 0.25) is 0 Å². The van der Waals surface area contributed by atoms with Gasteiger partial charge in [-0.1, -0.05) is 35.0 Å². The monoisotopic (exact) mass is 390 g/mol. The van der Waals surface area contributed by atoms with Gasteiger partial charge in [0.25, 0.3) is 5.91 Å². The summed E-state index contributed by atoms with van der Waals surface area (Å²) < 4.78 is 5.50. The molecule has 1 fully saturated rings. The van der Waals surface area contributed by atoms with Gasteiger partial charge in [-0.3, -0.25) is 9.59 Å². The number of hydrogen-bond acceptors (Lipinski definition) is 5. The van der Waals surface area contributed by atoms with Crippen LogP contribution in [0.3, 0.4) is 0 Å². The summed E-state index contributed by atoms with van der Waals surface area (Å²) in [5.74, 6) is 0.536. The second-order valence-electron chi connectivity index (χ2n) is 7.36. The van der Waals surface area contributed by atoms with Crippen LogP contribution in [-0.4, -0.2) is 39.9 Å². The van der Waals surface area contributed by atoms with E-state index in [-0.39, 0.29) is 11.8 Å². The molecule has 0 radical (unpaired) electrons. The fraction of sp³-hybridized carbons (Fsp3) is 0.273. The number of carbonyl (C=O) groups excluding carboxylic acids is 2. The molecule has 3 aromatic rings. The lowest BCUT2D eigenvalue weighted by atomic mass is 9.97. The van der Waals surface area contributed by atoms with Crippen LogP contribution >= 0.6 is 0 Å². The van der Waals surface area contributed by atoms with E-state index in [1.807, 2.05) is 36.1 Å². The van der Waals surface area contributed by atoms with Gasteiger partial charge in [0, 0.05) is 29.8 Å². The highest BCUT2D eigenvalue weighted by atomic mass is 16.5. The molecule has 4 rings (SSSR count). The number of amides is 2. The molecule has 7 nitrogen and oxygen atoms in total. The third-order valence-corrected chi connectivity index (χ3v) is 5.19. The van der Waals surface area contributed by atoms with Crippen LogP contribution in [-0.2, 0) is 0 Å². The van der Waals surface area contributed by atoms with E-state index in [4.69, 9.17) is 10.3 Å². The average molecular weight is 390 g/mol. The lowest BCUT2D eigenvalue weighted by Crippen LogP contribution is -2.39. The molecule has 7 heteroatoms. The Morgan fingerprint density at radius 3 is 2.66 bits per heavy atom. The molecule has 0 spiro atoms. The van der Waals surface area contributed by atoms with Gasteiger partial charge in [0.1, 0.15) is 0 Å². The first-order chi connectivity index (χ1) is 14.0. The molecule has 148 valence electrons. The number of hydrogen-bond donors (Lipinski definition) is 1. The van der Waals surface area contributed by atoms with E-state index >= 15 is 0 Å². The van der Waals surface area contributed by atoms with Crippen LogP contribution in [0.15, 0.2) is 53.1 Å². The number of piperidine rings is 1. The number of primary amides is 1. The van der Waals surface area contributed by atoms with E-state index < -0.39 is 5.91 Å². The van der Waals surface area contributed by atoms with E-state index in [1.165, 1.54) is 0 Å². The molecule has 1 aromatic heterocycles. The zero-order valence-electron chi connectivity index (χ0n) is 16.2. The lowest BCUT2D eigenvalue weighted by molar-refractivity contribution is 0.0695.